The third kappa shape index (κ3) is 7.64. The molecule has 1 heterocycles. The molecule has 0 aliphatic rings. The van der Waals surface area contributed by atoms with E-state index in [1.807, 2.05) is 54.6 Å². The van der Waals surface area contributed by atoms with E-state index < -0.39 is 0 Å². The minimum absolute atomic E-state index is 0.0733. The number of hydrogen-bond acceptors (Lipinski definition) is 3. The molecule has 156 valence electrons. The zero-order valence-electron chi connectivity index (χ0n) is 17.6. The van der Waals surface area contributed by atoms with Crippen molar-refractivity contribution in [3.05, 3.63) is 94.2 Å². The molecule has 2 nitrogen and oxygen atoms in total. The molecule has 0 radical (unpaired) electrons. The second kappa shape index (κ2) is 12.8. The smallest absolute Gasteiger partial charge is 0.193 e. The zero-order valence-corrected chi connectivity index (χ0v) is 18.4. The standard InChI is InChI=1S/C27H31NOS/c29-27(23-13-8-7-9-14-23)24-17-19-25(20-18-24)28-21-11-6-4-2-1-3-5-10-15-26-16-12-22-30-26/h7-10,12-20,22,28H,1-6,11,21H2. The fourth-order valence-corrected chi connectivity index (χ4v) is 4.05. The van der Waals surface area contributed by atoms with Gasteiger partial charge in [0, 0.05) is 28.2 Å². The maximum absolute atomic E-state index is 12.4. The Labute approximate surface area is 184 Å². The van der Waals surface area contributed by atoms with Crippen LogP contribution in [0.3, 0.4) is 0 Å². The molecule has 3 aromatic rings. The first-order chi connectivity index (χ1) is 14.8. The molecule has 0 saturated heterocycles. The summed E-state index contributed by atoms with van der Waals surface area (Å²) in [5.41, 5.74) is 2.55. The van der Waals surface area contributed by atoms with Crippen LogP contribution in [0.5, 0.6) is 0 Å². The van der Waals surface area contributed by atoms with Gasteiger partial charge in [0.25, 0.3) is 0 Å². The second-order valence-corrected chi connectivity index (χ2v) is 8.51. The zero-order chi connectivity index (χ0) is 20.9. The van der Waals surface area contributed by atoms with Crippen molar-refractivity contribution in [1.29, 1.82) is 0 Å². The Hall–Kier alpha value is -2.65. The van der Waals surface area contributed by atoms with Gasteiger partial charge >= 0.3 is 0 Å². The van der Waals surface area contributed by atoms with Gasteiger partial charge in [-0.2, -0.15) is 0 Å². The average Bonchev–Trinajstić information content (AvgIpc) is 3.31. The van der Waals surface area contributed by atoms with Gasteiger partial charge in [-0.1, -0.05) is 68.2 Å². The molecule has 1 aromatic heterocycles. The summed E-state index contributed by atoms with van der Waals surface area (Å²) in [6.07, 6.45) is 13.4. The molecule has 0 aliphatic heterocycles. The molecule has 0 fully saturated rings. The summed E-state index contributed by atoms with van der Waals surface area (Å²) in [5, 5.41) is 5.58. The van der Waals surface area contributed by atoms with Crippen molar-refractivity contribution in [2.75, 3.05) is 11.9 Å². The molecule has 3 heteroatoms. The number of rotatable bonds is 13. The maximum Gasteiger partial charge on any atom is 0.193 e. The lowest BCUT2D eigenvalue weighted by molar-refractivity contribution is 0.103. The first kappa shape index (κ1) is 22.0. The second-order valence-electron chi connectivity index (χ2n) is 7.53. The Morgan fingerprint density at radius 2 is 1.47 bits per heavy atom. The van der Waals surface area contributed by atoms with Crippen LogP contribution in [0.4, 0.5) is 5.69 Å². The number of anilines is 1. The van der Waals surface area contributed by atoms with E-state index in [2.05, 4.69) is 35.0 Å². The van der Waals surface area contributed by atoms with Gasteiger partial charge in [0.2, 0.25) is 0 Å². The summed E-state index contributed by atoms with van der Waals surface area (Å²) < 4.78 is 0. The summed E-state index contributed by atoms with van der Waals surface area (Å²) in [7, 11) is 0. The molecule has 0 aliphatic carbocycles. The van der Waals surface area contributed by atoms with Crippen molar-refractivity contribution in [2.45, 2.75) is 44.9 Å². The SMILES string of the molecule is O=C(c1ccccc1)c1ccc(NCCCCCCCCC=Cc2cccs2)cc1. The largest absolute Gasteiger partial charge is 0.385 e. The average molecular weight is 418 g/mol. The number of hydrogen-bond donors (Lipinski definition) is 1. The fraction of sp³-hybridized carbons (Fsp3) is 0.296. The van der Waals surface area contributed by atoms with Gasteiger partial charge in [-0.05, 0) is 61.1 Å². The summed E-state index contributed by atoms with van der Waals surface area (Å²) >= 11 is 1.79. The minimum atomic E-state index is 0.0733. The Morgan fingerprint density at radius 1 is 0.767 bits per heavy atom. The molecule has 0 atom stereocenters. The lowest BCUT2D eigenvalue weighted by Crippen LogP contribution is -2.03. The monoisotopic (exact) mass is 417 g/mol. The summed E-state index contributed by atoms with van der Waals surface area (Å²) in [5.74, 6) is 0.0733. The topological polar surface area (TPSA) is 29.1 Å². The predicted octanol–water partition coefficient (Wildman–Crippen LogP) is 7.84. The molecular weight excluding hydrogens is 386 g/mol. The number of nitrogens with one attached hydrogen (secondary N) is 1. The van der Waals surface area contributed by atoms with Crippen LogP contribution in [0.25, 0.3) is 6.08 Å². The van der Waals surface area contributed by atoms with Gasteiger partial charge in [-0.3, -0.25) is 4.79 Å². The van der Waals surface area contributed by atoms with E-state index in [1.54, 1.807) is 11.3 Å². The molecule has 0 spiro atoms. The van der Waals surface area contributed by atoms with Crippen molar-refractivity contribution in [3.63, 3.8) is 0 Å². The summed E-state index contributed by atoms with van der Waals surface area (Å²) in [6, 6.07) is 21.5. The number of benzene rings is 2. The van der Waals surface area contributed by atoms with Crippen LogP contribution < -0.4 is 5.32 Å². The third-order valence-electron chi connectivity index (χ3n) is 5.14. The summed E-state index contributed by atoms with van der Waals surface area (Å²) in [4.78, 5) is 13.8. The van der Waals surface area contributed by atoms with Gasteiger partial charge in [0.15, 0.2) is 5.78 Å². The van der Waals surface area contributed by atoms with E-state index in [1.165, 1.54) is 49.8 Å². The number of ketones is 1. The van der Waals surface area contributed by atoms with E-state index in [-0.39, 0.29) is 5.78 Å². The molecule has 0 amide bonds. The van der Waals surface area contributed by atoms with Crippen molar-refractivity contribution >= 4 is 28.9 Å². The lowest BCUT2D eigenvalue weighted by Gasteiger charge is -2.07. The van der Waals surface area contributed by atoms with Crippen LogP contribution in [0.2, 0.25) is 0 Å². The molecule has 0 bridgehead atoms. The maximum atomic E-state index is 12.4. The molecule has 0 saturated carbocycles. The fourth-order valence-electron chi connectivity index (χ4n) is 3.41. The van der Waals surface area contributed by atoms with E-state index in [4.69, 9.17) is 0 Å². The molecule has 30 heavy (non-hydrogen) atoms. The highest BCUT2D eigenvalue weighted by molar-refractivity contribution is 7.10. The normalized spacial score (nSPS) is 11.1. The van der Waals surface area contributed by atoms with E-state index >= 15 is 0 Å². The summed E-state index contributed by atoms with van der Waals surface area (Å²) in [6.45, 7) is 0.982. The number of carbonyl (C=O) groups excluding carboxylic acids is 1. The molecule has 0 unspecified atom stereocenters. The van der Waals surface area contributed by atoms with Crippen LogP contribution in [-0.2, 0) is 0 Å². The highest BCUT2D eigenvalue weighted by Crippen LogP contribution is 2.15. The van der Waals surface area contributed by atoms with E-state index in [0.717, 1.165) is 23.4 Å². The van der Waals surface area contributed by atoms with Gasteiger partial charge in [0.1, 0.15) is 0 Å². The number of thiophene rings is 1. The number of allylic oxidation sites excluding steroid dienone is 1. The van der Waals surface area contributed by atoms with Crippen molar-refractivity contribution in [3.8, 4) is 0 Å². The van der Waals surface area contributed by atoms with Crippen LogP contribution >= 0.6 is 11.3 Å². The Balaban J connectivity index is 1.22. The van der Waals surface area contributed by atoms with Gasteiger partial charge in [-0.25, -0.2) is 0 Å². The van der Waals surface area contributed by atoms with Gasteiger partial charge in [-0.15, -0.1) is 11.3 Å². The molecule has 1 N–H and O–H groups in total. The molecule has 3 rings (SSSR count). The first-order valence-corrected chi connectivity index (χ1v) is 11.8. The minimum Gasteiger partial charge on any atom is -0.385 e. The van der Waals surface area contributed by atoms with Gasteiger partial charge in [0.05, 0.1) is 0 Å². The number of carbonyl (C=O) groups is 1. The van der Waals surface area contributed by atoms with Crippen molar-refractivity contribution < 1.29 is 4.79 Å². The van der Waals surface area contributed by atoms with E-state index in [9.17, 15) is 4.79 Å². The molecule has 2 aromatic carbocycles. The van der Waals surface area contributed by atoms with Crippen LogP contribution in [0.1, 0.15) is 65.7 Å². The number of unbranched alkanes of at least 4 members (excludes halogenated alkanes) is 6. The predicted molar refractivity (Wildman–Crippen MR) is 130 cm³/mol. The molecular formula is C27H31NOS. The van der Waals surface area contributed by atoms with Crippen molar-refractivity contribution in [1.82, 2.24) is 0 Å². The van der Waals surface area contributed by atoms with Crippen LogP contribution in [0.15, 0.2) is 78.2 Å². The van der Waals surface area contributed by atoms with Crippen molar-refractivity contribution in [2.24, 2.45) is 0 Å². The van der Waals surface area contributed by atoms with E-state index in [0.29, 0.717) is 0 Å². The Bertz CT molecular complexity index is 882. The van der Waals surface area contributed by atoms with Gasteiger partial charge < -0.3 is 5.32 Å². The Morgan fingerprint density at radius 3 is 2.20 bits per heavy atom. The lowest BCUT2D eigenvalue weighted by atomic mass is 10.0. The quantitative estimate of drug-likeness (QED) is 0.227. The van der Waals surface area contributed by atoms with Crippen LogP contribution in [0, 0.1) is 0 Å². The highest BCUT2D eigenvalue weighted by Gasteiger charge is 2.07. The third-order valence-corrected chi connectivity index (χ3v) is 5.97. The first-order valence-electron chi connectivity index (χ1n) is 11.0. The highest BCUT2D eigenvalue weighted by atomic mass is 32.1. The van der Waals surface area contributed by atoms with Crippen LogP contribution in [-0.4, -0.2) is 12.3 Å². The Kier molecular flexibility index (Phi) is 9.42.